The summed E-state index contributed by atoms with van der Waals surface area (Å²) in [6.07, 6.45) is 1.51. The fourth-order valence-electron chi connectivity index (χ4n) is 2.89. The van der Waals surface area contributed by atoms with Crippen LogP contribution in [0.1, 0.15) is 19.4 Å². The second kappa shape index (κ2) is 9.76. The second-order valence-corrected chi connectivity index (χ2v) is 8.12. The van der Waals surface area contributed by atoms with Crippen LogP contribution in [0.2, 0.25) is 5.02 Å². The monoisotopic (exact) mass is 556 g/mol. The quantitative estimate of drug-likeness (QED) is 0.244. The first-order valence-corrected chi connectivity index (χ1v) is 11.0. The minimum atomic E-state index is -0.565. The van der Waals surface area contributed by atoms with Crippen LogP contribution in [0.4, 0.5) is 5.69 Å². The Morgan fingerprint density at radius 1 is 1.17 bits per heavy atom. The number of thiocarbonyl (C=S) groups is 1. The van der Waals surface area contributed by atoms with Gasteiger partial charge in [-0.1, -0.05) is 17.7 Å². The van der Waals surface area contributed by atoms with Crippen molar-refractivity contribution in [3.05, 3.63) is 56.1 Å². The maximum absolute atomic E-state index is 13.1. The van der Waals surface area contributed by atoms with Gasteiger partial charge in [0, 0.05) is 5.02 Å². The van der Waals surface area contributed by atoms with Gasteiger partial charge in [0.05, 0.1) is 22.5 Å². The van der Waals surface area contributed by atoms with Crippen LogP contribution in [0.5, 0.6) is 11.5 Å². The largest absolute Gasteiger partial charge is 0.490 e. The summed E-state index contributed by atoms with van der Waals surface area (Å²) in [6.45, 7) is 4.70. The summed E-state index contributed by atoms with van der Waals surface area (Å²) in [5, 5.41) is 3.02. The molecule has 1 saturated heterocycles. The molecular weight excluding hydrogens is 539 g/mol. The molecule has 3 rings (SSSR count). The Balaban J connectivity index is 2.04. The smallest absolute Gasteiger partial charge is 0.270 e. The van der Waals surface area contributed by atoms with Crippen molar-refractivity contribution in [2.45, 2.75) is 13.8 Å². The average molecular weight is 557 g/mol. The van der Waals surface area contributed by atoms with Crippen LogP contribution in [0.25, 0.3) is 6.08 Å². The summed E-state index contributed by atoms with van der Waals surface area (Å²) in [5.74, 6) is 0.0743. The van der Waals surface area contributed by atoms with Crippen molar-refractivity contribution < 1.29 is 19.1 Å². The van der Waals surface area contributed by atoms with E-state index in [1.54, 1.807) is 30.3 Å². The first-order chi connectivity index (χ1) is 14.3. The highest BCUT2D eigenvalue weighted by atomic mass is 127. The summed E-state index contributed by atoms with van der Waals surface area (Å²) in [4.78, 5) is 26.9. The third kappa shape index (κ3) is 4.76. The van der Waals surface area contributed by atoms with Gasteiger partial charge in [-0.3, -0.25) is 19.8 Å². The van der Waals surface area contributed by atoms with Gasteiger partial charge in [0.15, 0.2) is 16.6 Å². The third-order valence-electron chi connectivity index (χ3n) is 4.10. The van der Waals surface area contributed by atoms with Crippen molar-refractivity contribution in [2.24, 2.45) is 0 Å². The Bertz CT molecular complexity index is 1060. The Labute approximate surface area is 198 Å². The maximum atomic E-state index is 13.1. The number of carbonyl (C=O) groups excluding carboxylic acids is 2. The highest BCUT2D eigenvalue weighted by Crippen LogP contribution is 2.35. The fraction of sp³-hybridized carbons (Fsp3) is 0.190. The molecule has 0 bridgehead atoms. The van der Waals surface area contributed by atoms with E-state index in [2.05, 4.69) is 27.9 Å². The lowest BCUT2D eigenvalue weighted by Crippen LogP contribution is -2.54. The molecule has 1 aliphatic heterocycles. The number of nitrogens with one attached hydrogen (secondary N) is 1. The zero-order chi connectivity index (χ0) is 21.8. The van der Waals surface area contributed by atoms with Gasteiger partial charge >= 0.3 is 0 Å². The lowest BCUT2D eigenvalue weighted by Gasteiger charge is -2.29. The van der Waals surface area contributed by atoms with Crippen LogP contribution in [0.3, 0.4) is 0 Å². The zero-order valence-electron chi connectivity index (χ0n) is 16.2. The Morgan fingerprint density at radius 2 is 1.90 bits per heavy atom. The van der Waals surface area contributed by atoms with Crippen LogP contribution in [0.15, 0.2) is 42.0 Å². The summed E-state index contributed by atoms with van der Waals surface area (Å²) in [6, 6.07) is 10.2. The fourth-order valence-corrected chi connectivity index (χ4v) is 4.14. The van der Waals surface area contributed by atoms with E-state index >= 15 is 0 Å². The summed E-state index contributed by atoms with van der Waals surface area (Å²) >= 11 is 13.4. The molecule has 2 aromatic rings. The molecule has 0 atom stereocenters. The van der Waals surface area contributed by atoms with E-state index in [0.717, 1.165) is 3.57 Å². The maximum Gasteiger partial charge on any atom is 0.270 e. The number of amides is 2. The van der Waals surface area contributed by atoms with Crippen molar-refractivity contribution in [3.63, 3.8) is 0 Å². The van der Waals surface area contributed by atoms with Crippen molar-refractivity contribution in [3.8, 4) is 11.5 Å². The number of anilines is 1. The predicted molar refractivity (Wildman–Crippen MR) is 129 cm³/mol. The molecule has 0 saturated carbocycles. The number of hydrogen-bond donors (Lipinski definition) is 1. The molecule has 0 unspecified atom stereocenters. The van der Waals surface area contributed by atoms with E-state index in [1.807, 2.05) is 19.9 Å². The number of hydrogen-bond acceptors (Lipinski definition) is 5. The molecule has 0 aliphatic carbocycles. The van der Waals surface area contributed by atoms with Crippen LogP contribution < -0.4 is 19.7 Å². The predicted octanol–water partition coefficient (Wildman–Crippen LogP) is 4.57. The van der Waals surface area contributed by atoms with E-state index in [4.69, 9.17) is 33.3 Å². The SMILES string of the molecule is CCOc1cc(/C=C2\C(=O)NC(=S)N(c3cccc(Cl)c3)C2=O)cc(I)c1OCC. The van der Waals surface area contributed by atoms with Gasteiger partial charge in [-0.25, -0.2) is 0 Å². The first-order valence-electron chi connectivity index (χ1n) is 9.11. The standard InChI is InChI=1S/C21H18ClIN2O4S/c1-3-28-17-10-12(9-16(23)18(17)29-4-2)8-15-19(26)24-21(30)25(20(15)27)14-7-5-6-13(22)11-14/h5-11H,3-4H2,1-2H3,(H,24,26,30)/b15-8+. The van der Waals surface area contributed by atoms with Crippen LogP contribution >= 0.6 is 46.4 Å². The van der Waals surface area contributed by atoms with Gasteiger partial charge in [-0.2, -0.15) is 0 Å². The van der Waals surface area contributed by atoms with Crippen molar-refractivity contribution in [1.29, 1.82) is 0 Å². The Kier molecular flexibility index (Phi) is 7.32. The number of halogens is 2. The lowest BCUT2D eigenvalue weighted by atomic mass is 10.1. The molecule has 9 heteroatoms. The van der Waals surface area contributed by atoms with Gasteiger partial charge < -0.3 is 9.47 Å². The number of benzene rings is 2. The minimum absolute atomic E-state index is 0.000645. The van der Waals surface area contributed by atoms with Crippen molar-refractivity contribution in [1.82, 2.24) is 5.32 Å². The van der Waals surface area contributed by atoms with Crippen molar-refractivity contribution >= 4 is 75.1 Å². The van der Waals surface area contributed by atoms with Gasteiger partial charge in [0.1, 0.15) is 5.57 Å². The highest BCUT2D eigenvalue weighted by molar-refractivity contribution is 14.1. The van der Waals surface area contributed by atoms with E-state index in [-0.39, 0.29) is 10.7 Å². The third-order valence-corrected chi connectivity index (χ3v) is 5.42. The van der Waals surface area contributed by atoms with Crippen molar-refractivity contribution in [2.75, 3.05) is 18.1 Å². The second-order valence-electron chi connectivity index (χ2n) is 6.13. The minimum Gasteiger partial charge on any atom is -0.490 e. The highest BCUT2D eigenvalue weighted by Gasteiger charge is 2.34. The number of carbonyl (C=O) groups is 2. The van der Waals surface area contributed by atoms with Gasteiger partial charge in [0.25, 0.3) is 11.8 Å². The molecule has 1 N–H and O–H groups in total. The van der Waals surface area contributed by atoms with Gasteiger partial charge in [-0.05, 0) is 90.6 Å². The van der Waals surface area contributed by atoms with E-state index in [0.29, 0.717) is 41.0 Å². The average Bonchev–Trinajstić information content (AvgIpc) is 2.68. The van der Waals surface area contributed by atoms with E-state index < -0.39 is 11.8 Å². The van der Waals surface area contributed by atoms with Gasteiger partial charge in [0.2, 0.25) is 0 Å². The molecular formula is C21H18ClIN2O4S. The molecule has 0 spiro atoms. The Morgan fingerprint density at radius 3 is 2.57 bits per heavy atom. The number of rotatable bonds is 6. The van der Waals surface area contributed by atoms with Crippen LogP contribution in [-0.4, -0.2) is 30.1 Å². The summed E-state index contributed by atoms with van der Waals surface area (Å²) in [5.41, 5.74) is 1.05. The molecule has 1 aliphatic rings. The number of ether oxygens (including phenoxy) is 2. The topological polar surface area (TPSA) is 67.9 Å². The molecule has 0 aromatic heterocycles. The van der Waals surface area contributed by atoms with Crippen LogP contribution in [0, 0.1) is 3.57 Å². The summed E-state index contributed by atoms with van der Waals surface area (Å²) < 4.78 is 12.2. The molecule has 2 aromatic carbocycles. The molecule has 1 heterocycles. The lowest BCUT2D eigenvalue weighted by molar-refractivity contribution is -0.122. The normalized spacial score (nSPS) is 15.4. The first kappa shape index (κ1) is 22.5. The zero-order valence-corrected chi connectivity index (χ0v) is 19.9. The molecule has 0 radical (unpaired) electrons. The molecule has 30 heavy (non-hydrogen) atoms. The van der Waals surface area contributed by atoms with Gasteiger partial charge in [-0.15, -0.1) is 0 Å². The Hall–Kier alpha value is -2.17. The molecule has 6 nitrogen and oxygen atoms in total. The number of nitrogens with zero attached hydrogens (tertiary/aromatic N) is 1. The molecule has 2 amide bonds. The van der Waals surface area contributed by atoms with E-state index in [9.17, 15) is 9.59 Å². The van der Waals surface area contributed by atoms with Crippen LogP contribution in [-0.2, 0) is 9.59 Å². The molecule has 1 fully saturated rings. The molecule has 156 valence electrons. The van der Waals surface area contributed by atoms with E-state index in [1.165, 1.54) is 11.0 Å². The summed E-state index contributed by atoms with van der Waals surface area (Å²) in [7, 11) is 0.